The molecule has 1 aliphatic carbocycles. The summed E-state index contributed by atoms with van der Waals surface area (Å²) < 4.78 is 5.33. The van der Waals surface area contributed by atoms with Gasteiger partial charge in [0, 0.05) is 0 Å². The summed E-state index contributed by atoms with van der Waals surface area (Å²) in [5.41, 5.74) is 7.05. The third-order valence-electron chi connectivity index (χ3n) is 3.52. The van der Waals surface area contributed by atoms with Gasteiger partial charge in [-0.2, -0.15) is 0 Å². The predicted molar refractivity (Wildman–Crippen MR) is 63.4 cm³/mol. The zero-order valence-electron chi connectivity index (χ0n) is 8.94. The highest BCUT2D eigenvalue weighted by Crippen LogP contribution is 2.39. The van der Waals surface area contributed by atoms with Crippen molar-refractivity contribution in [1.29, 1.82) is 0 Å². The molecule has 1 atom stereocenters. The first-order valence-corrected chi connectivity index (χ1v) is 5.74. The van der Waals surface area contributed by atoms with E-state index in [1.807, 2.05) is 0 Å². The minimum Gasteiger partial charge on any atom is -0.368 e. The number of fused-ring (bicyclic) bond motifs is 3. The molecule has 78 valence electrons. The molecule has 0 spiro atoms. The molecule has 1 saturated heterocycles. The third-order valence-corrected chi connectivity index (χ3v) is 3.52. The lowest BCUT2D eigenvalue weighted by atomic mass is 10.0. The molecule has 1 nitrogen and oxygen atoms in total. The molecular formula is C15H12O. The first kappa shape index (κ1) is 8.54. The van der Waals surface area contributed by atoms with E-state index in [-0.39, 0.29) is 0 Å². The van der Waals surface area contributed by atoms with Gasteiger partial charge in [-0.25, -0.2) is 0 Å². The fraction of sp³-hybridized carbons (Fsp3) is 0.200. The highest BCUT2D eigenvalue weighted by atomic mass is 16.6. The second-order valence-electron chi connectivity index (χ2n) is 4.57. The largest absolute Gasteiger partial charge is 0.368 e. The normalized spacial score (nSPS) is 20.4. The quantitative estimate of drug-likeness (QED) is 0.559. The van der Waals surface area contributed by atoms with Gasteiger partial charge >= 0.3 is 0 Å². The molecule has 1 fully saturated rings. The predicted octanol–water partition coefficient (Wildman–Crippen LogP) is 3.33. The molecule has 0 amide bonds. The van der Waals surface area contributed by atoms with E-state index in [4.69, 9.17) is 4.74 Å². The summed E-state index contributed by atoms with van der Waals surface area (Å²) in [4.78, 5) is 0. The van der Waals surface area contributed by atoms with E-state index in [1.165, 1.54) is 27.8 Å². The first-order chi connectivity index (χ1) is 7.92. The van der Waals surface area contributed by atoms with Crippen molar-refractivity contribution in [2.45, 2.75) is 12.5 Å². The number of benzene rings is 2. The van der Waals surface area contributed by atoms with E-state index < -0.39 is 0 Å². The molecule has 0 saturated carbocycles. The second-order valence-corrected chi connectivity index (χ2v) is 4.57. The van der Waals surface area contributed by atoms with Crippen LogP contribution in [0, 0.1) is 0 Å². The summed E-state index contributed by atoms with van der Waals surface area (Å²) in [6.45, 7) is 0.895. The van der Waals surface area contributed by atoms with Crippen LogP contribution < -0.4 is 0 Å². The summed E-state index contributed by atoms with van der Waals surface area (Å²) >= 11 is 0. The summed E-state index contributed by atoms with van der Waals surface area (Å²) in [5, 5.41) is 0. The van der Waals surface area contributed by atoms with Gasteiger partial charge in [-0.05, 0) is 34.2 Å². The lowest BCUT2D eigenvalue weighted by Crippen LogP contribution is -1.85. The van der Waals surface area contributed by atoms with Crippen molar-refractivity contribution in [2.75, 3.05) is 6.61 Å². The van der Waals surface area contributed by atoms with E-state index in [0.29, 0.717) is 6.10 Å². The molecule has 0 unspecified atom stereocenters. The SMILES string of the molecule is c1ccc2c(c1)Cc1cc([C@H]3CO3)ccc1-2. The van der Waals surface area contributed by atoms with Crippen LogP contribution in [-0.2, 0) is 11.2 Å². The molecule has 1 aliphatic heterocycles. The Bertz CT molecular complexity index is 567. The highest BCUT2D eigenvalue weighted by Gasteiger charge is 2.26. The van der Waals surface area contributed by atoms with E-state index in [1.54, 1.807) is 0 Å². The van der Waals surface area contributed by atoms with Gasteiger partial charge < -0.3 is 4.74 Å². The maximum absolute atomic E-state index is 5.33. The van der Waals surface area contributed by atoms with Gasteiger partial charge in [-0.1, -0.05) is 42.5 Å². The Hall–Kier alpha value is -1.60. The summed E-state index contributed by atoms with van der Waals surface area (Å²) in [6.07, 6.45) is 1.44. The van der Waals surface area contributed by atoms with Gasteiger partial charge in [-0.3, -0.25) is 0 Å². The van der Waals surface area contributed by atoms with E-state index in [0.717, 1.165) is 13.0 Å². The molecule has 0 radical (unpaired) electrons. The standard InChI is InChI=1S/C15H12O/c1-2-4-13-10(3-1)7-12-8-11(15-9-16-15)5-6-14(12)13/h1-6,8,15H,7,9H2/t15-/m1/s1. The first-order valence-electron chi connectivity index (χ1n) is 5.74. The van der Waals surface area contributed by atoms with Crippen LogP contribution in [0.5, 0.6) is 0 Å². The van der Waals surface area contributed by atoms with Gasteiger partial charge in [0.05, 0.1) is 6.61 Å². The third kappa shape index (κ3) is 1.15. The molecule has 0 aromatic heterocycles. The summed E-state index contributed by atoms with van der Waals surface area (Å²) in [7, 11) is 0. The zero-order chi connectivity index (χ0) is 10.5. The Morgan fingerprint density at radius 3 is 2.62 bits per heavy atom. The van der Waals surface area contributed by atoms with Crippen LogP contribution in [0.4, 0.5) is 0 Å². The van der Waals surface area contributed by atoms with Crippen LogP contribution >= 0.6 is 0 Å². The Morgan fingerprint density at radius 1 is 0.938 bits per heavy atom. The van der Waals surface area contributed by atoms with E-state index in [2.05, 4.69) is 42.5 Å². The Kier molecular flexibility index (Phi) is 1.58. The number of rotatable bonds is 1. The lowest BCUT2D eigenvalue weighted by molar-refractivity contribution is 0.415. The van der Waals surface area contributed by atoms with E-state index in [9.17, 15) is 0 Å². The minimum absolute atomic E-state index is 0.369. The van der Waals surface area contributed by atoms with Crippen molar-refractivity contribution < 1.29 is 4.74 Å². The summed E-state index contributed by atoms with van der Waals surface area (Å²) in [6, 6.07) is 15.4. The average molecular weight is 208 g/mol. The van der Waals surface area contributed by atoms with Gasteiger partial charge in [0.25, 0.3) is 0 Å². The Labute approximate surface area is 94.7 Å². The van der Waals surface area contributed by atoms with Crippen molar-refractivity contribution in [3.05, 3.63) is 59.2 Å². The van der Waals surface area contributed by atoms with Gasteiger partial charge in [0.2, 0.25) is 0 Å². The number of ether oxygens (including phenoxy) is 1. The van der Waals surface area contributed by atoms with Crippen molar-refractivity contribution >= 4 is 0 Å². The van der Waals surface area contributed by atoms with Crippen molar-refractivity contribution in [3.63, 3.8) is 0 Å². The molecule has 16 heavy (non-hydrogen) atoms. The maximum Gasteiger partial charge on any atom is 0.106 e. The topological polar surface area (TPSA) is 12.5 Å². The molecule has 0 bridgehead atoms. The van der Waals surface area contributed by atoms with Crippen molar-refractivity contribution in [2.24, 2.45) is 0 Å². The van der Waals surface area contributed by atoms with Crippen LogP contribution in [-0.4, -0.2) is 6.61 Å². The average Bonchev–Trinajstić information content (AvgIpc) is 3.10. The fourth-order valence-electron chi connectivity index (χ4n) is 2.61. The van der Waals surface area contributed by atoms with Crippen LogP contribution in [0.15, 0.2) is 42.5 Å². The monoisotopic (exact) mass is 208 g/mol. The van der Waals surface area contributed by atoms with Gasteiger partial charge in [-0.15, -0.1) is 0 Å². The smallest absolute Gasteiger partial charge is 0.106 e. The van der Waals surface area contributed by atoms with Gasteiger partial charge in [0.1, 0.15) is 6.10 Å². The lowest BCUT2D eigenvalue weighted by Gasteiger charge is -2.02. The molecule has 1 heteroatoms. The molecule has 1 heterocycles. The zero-order valence-corrected chi connectivity index (χ0v) is 8.94. The van der Waals surface area contributed by atoms with Gasteiger partial charge in [0.15, 0.2) is 0 Å². The van der Waals surface area contributed by atoms with Crippen molar-refractivity contribution in [3.8, 4) is 11.1 Å². The van der Waals surface area contributed by atoms with Crippen molar-refractivity contribution in [1.82, 2.24) is 0 Å². The maximum atomic E-state index is 5.33. The molecule has 0 N–H and O–H groups in total. The number of epoxide rings is 1. The minimum atomic E-state index is 0.369. The van der Waals surface area contributed by atoms with Crippen LogP contribution in [0.1, 0.15) is 22.8 Å². The molecule has 2 aromatic rings. The summed E-state index contributed by atoms with van der Waals surface area (Å²) in [5.74, 6) is 0. The van der Waals surface area contributed by atoms with Crippen LogP contribution in [0.3, 0.4) is 0 Å². The second kappa shape index (κ2) is 2.96. The Morgan fingerprint density at radius 2 is 1.75 bits per heavy atom. The molecule has 4 rings (SSSR count). The highest BCUT2D eigenvalue weighted by molar-refractivity contribution is 5.77. The fourth-order valence-corrected chi connectivity index (χ4v) is 2.61. The van der Waals surface area contributed by atoms with E-state index >= 15 is 0 Å². The molecule has 2 aromatic carbocycles. The molecule has 2 aliphatic rings. The Balaban J connectivity index is 1.87. The van der Waals surface area contributed by atoms with Crippen LogP contribution in [0.25, 0.3) is 11.1 Å². The number of hydrogen-bond donors (Lipinski definition) is 0. The van der Waals surface area contributed by atoms with Crippen LogP contribution in [0.2, 0.25) is 0 Å². The molecular weight excluding hydrogens is 196 g/mol. The number of hydrogen-bond acceptors (Lipinski definition) is 1.